The minimum Gasteiger partial charge on any atom is -0.459 e. The second-order valence-electron chi connectivity index (χ2n) is 5.98. The van der Waals surface area contributed by atoms with Crippen LogP contribution in [-0.4, -0.2) is 30.2 Å². The number of furan rings is 2. The van der Waals surface area contributed by atoms with Crippen LogP contribution in [0, 0.1) is 6.92 Å². The number of ether oxygens (including phenoxy) is 1. The van der Waals surface area contributed by atoms with Gasteiger partial charge in [0.25, 0.3) is 0 Å². The van der Waals surface area contributed by atoms with Gasteiger partial charge in [-0.05, 0) is 38.8 Å². The summed E-state index contributed by atoms with van der Waals surface area (Å²) in [5.41, 5.74) is 8.75. The first-order valence-corrected chi connectivity index (χ1v) is 8.77. The standard InChI is InChI=1S/C18H20N4O6/c1-3-26-18(25)22-19-11-6-4-7-12-14(11)10(2)15(28-12)17(24)21-20-16(23)13-8-5-9-27-13/h5,8-9H,3-4,6-7H2,1-2H3,(H,20,23)(H,21,24)(H,22,25)/b19-11+. The highest BCUT2D eigenvalue weighted by molar-refractivity contribution is 6.06. The number of nitrogens with zero attached hydrogens (tertiary/aromatic N) is 1. The number of hydrogen-bond donors (Lipinski definition) is 3. The van der Waals surface area contributed by atoms with E-state index in [2.05, 4.69) is 21.4 Å². The van der Waals surface area contributed by atoms with Gasteiger partial charge < -0.3 is 13.6 Å². The topological polar surface area (TPSA) is 135 Å². The van der Waals surface area contributed by atoms with E-state index in [1.807, 2.05) is 0 Å². The van der Waals surface area contributed by atoms with Crippen molar-refractivity contribution in [1.29, 1.82) is 0 Å². The van der Waals surface area contributed by atoms with Gasteiger partial charge in [0.2, 0.25) is 0 Å². The zero-order chi connectivity index (χ0) is 20.1. The average molecular weight is 388 g/mol. The van der Waals surface area contributed by atoms with Crippen LogP contribution in [0.2, 0.25) is 0 Å². The minimum atomic E-state index is -0.651. The molecule has 1 aliphatic rings. The third-order valence-electron chi connectivity index (χ3n) is 4.12. The average Bonchev–Trinajstić information content (AvgIpc) is 3.33. The van der Waals surface area contributed by atoms with E-state index in [1.165, 1.54) is 12.3 Å². The quantitative estimate of drug-likeness (QED) is 0.686. The highest BCUT2D eigenvalue weighted by atomic mass is 16.5. The molecule has 0 unspecified atom stereocenters. The van der Waals surface area contributed by atoms with Crippen molar-refractivity contribution in [3.63, 3.8) is 0 Å². The van der Waals surface area contributed by atoms with Crippen LogP contribution in [-0.2, 0) is 11.2 Å². The molecule has 0 atom stereocenters. The first kappa shape index (κ1) is 19.2. The first-order valence-electron chi connectivity index (χ1n) is 8.77. The Morgan fingerprint density at radius 3 is 2.71 bits per heavy atom. The molecule has 28 heavy (non-hydrogen) atoms. The smallest absolute Gasteiger partial charge is 0.427 e. The Bertz CT molecular complexity index is 913. The molecule has 10 nitrogen and oxygen atoms in total. The number of aryl methyl sites for hydroxylation is 1. The molecule has 2 aromatic rings. The van der Waals surface area contributed by atoms with Gasteiger partial charge in [-0.15, -0.1) is 0 Å². The lowest BCUT2D eigenvalue weighted by Gasteiger charge is -2.13. The predicted molar refractivity (Wildman–Crippen MR) is 96.7 cm³/mol. The second-order valence-corrected chi connectivity index (χ2v) is 5.98. The number of rotatable bonds is 4. The summed E-state index contributed by atoms with van der Waals surface area (Å²) in [6, 6.07) is 3.03. The van der Waals surface area contributed by atoms with Crippen molar-refractivity contribution in [2.75, 3.05) is 6.61 Å². The van der Waals surface area contributed by atoms with Gasteiger partial charge in [-0.1, -0.05) is 0 Å². The fraction of sp³-hybridized carbons (Fsp3) is 0.333. The van der Waals surface area contributed by atoms with Gasteiger partial charge in [-0.2, -0.15) is 5.10 Å². The maximum Gasteiger partial charge on any atom is 0.427 e. The van der Waals surface area contributed by atoms with Crippen molar-refractivity contribution >= 4 is 23.6 Å². The number of hydrazine groups is 1. The van der Waals surface area contributed by atoms with Gasteiger partial charge in [-0.25, -0.2) is 10.2 Å². The van der Waals surface area contributed by atoms with Crippen LogP contribution in [0.3, 0.4) is 0 Å². The van der Waals surface area contributed by atoms with Crippen molar-refractivity contribution in [3.05, 3.63) is 46.8 Å². The van der Waals surface area contributed by atoms with Gasteiger partial charge in [0.1, 0.15) is 5.76 Å². The summed E-state index contributed by atoms with van der Waals surface area (Å²) < 4.78 is 15.4. The van der Waals surface area contributed by atoms with Crippen molar-refractivity contribution in [1.82, 2.24) is 16.3 Å². The highest BCUT2D eigenvalue weighted by Crippen LogP contribution is 2.29. The van der Waals surface area contributed by atoms with Crippen molar-refractivity contribution < 1.29 is 28.0 Å². The maximum absolute atomic E-state index is 12.4. The molecule has 0 radical (unpaired) electrons. The van der Waals surface area contributed by atoms with E-state index in [0.29, 0.717) is 35.4 Å². The van der Waals surface area contributed by atoms with Crippen LogP contribution in [0.25, 0.3) is 0 Å². The molecule has 0 saturated carbocycles. The Balaban J connectivity index is 1.73. The molecule has 148 valence electrons. The van der Waals surface area contributed by atoms with Gasteiger partial charge >= 0.3 is 17.9 Å². The molecule has 3 rings (SSSR count). The number of fused-ring (bicyclic) bond motifs is 1. The van der Waals surface area contributed by atoms with E-state index in [1.54, 1.807) is 19.9 Å². The Labute approximate surface area is 160 Å². The van der Waals surface area contributed by atoms with E-state index in [0.717, 1.165) is 6.42 Å². The Kier molecular flexibility index (Phi) is 5.78. The van der Waals surface area contributed by atoms with Crippen LogP contribution in [0.15, 0.2) is 32.3 Å². The molecule has 10 heteroatoms. The molecular formula is C18H20N4O6. The van der Waals surface area contributed by atoms with E-state index in [9.17, 15) is 14.4 Å². The van der Waals surface area contributed by atoms with Crippen LogP contribution < -0.4 is 16.3 Å². The van der Waals surface area contributed by atoms with E-state index in [-0.39, 0.29) is 18.1 Å². The Morgan fingerprint density at radius 1 is 1.21 bits per heavy atom. The summed E-state index contributed by atoms with van der Waals surface area (Å²) in [6.07, 6.45) is 2.73. The van der Waals surface area contributed by atoms with E-state index in [4.69, 9.17) is 13.6 Å². The lowest BCUT2D eigenvalue weighted by Crippen LogP contribution is -2.41. The van der Waals surface area contributed by atoms with Crippen molar-refractivity contribution in [2.24, 2.45) is 5.10 Å². The highest BCUT2D eigenvalue weighted by Gasteiger charge is 2.28. The van der Waals surface area contributed by atoms with Gasteiger partial charge in [0, 0.05) is 17.5 Å². The molecule has 2 heterocycles. The molecule has 0 aliphatic heterocycles. The number of amides is 3. The predicted octanol–water partition coefficient (Wildman–Crippen LogP) is 2.04. The monoisotopic (exact) mass is 388 g/mol. The minimum absolute atomic E-state index is 0.0650. The SMILES string of the molecule is CCOC(=O)N/N=C1\CCCc2oc(C(=O)NNC(=O)c3ccco3)c(C)c21. The molecule has 0 bridgehead atoms. The summed E-state index contributed by atoms with van der Waals surface area (Å²) in [7, 11) is 0. The molecule has 0 aromatic carbocycles. The Hall–Kier alpha value is -3.56. The number of carbonyl (C=O) groups excluding carboxylic acids is 3. The maximum atomic E-state index is 12.4. The number of carbonyl (C=O) groups is 3. The normalized spacial score (nSPS) is 14.3. The molecular weight excluding hydrogens is 368 g/mol. The summed E-state index contributed by atoms with van der Waals surface area (Å²) in [5, 5.41) is 4.10. The zero-order valence-corrected chi connectivity index (χ0v) is 15.5. The van der Waals surface area contributed by atoms with Crippen LogP contribution in [0.4, 0.5) is 4.79 Å². The fourth-order valence-electron chi connectivity index (χ4n) is 2.91. The van der Waals surface area contributed by atoms with Crippen LogP contribution in [0.5, 0.6) is 0 Å². The third-order valence-corrected chi connectivity index (χ3v) is 4.12. The number of nitrogens with one attached hydrogen (secondary N) is 3. The zero-order valence-electron chi connectivity index (χ0n) is 15.5. The van der Waals surface area contributed by atoms with E-state index < -0.39 is 17.9 Å². The van der Waals surface area contributed by atoms with Crippen molar-refractivity contribution in [2.45, 2.75) is 33.1 Å². The molecule has 2 aromatic heterocycles. The second kappa shape index (κ2) is 8.42. The lowest BCUT2D eigenvalue weighted by atomic mass is 9.93. The lowest BCUT2D eigenvalue weighted by molar-refractivity contribution is 0.0815. The molecule has 0 spiro atoms. The molecule has 3 N–H and O–H groups in total. The van der Waals surface area contributed by atoms with Gasteiger partial charge in [-0.3, -0.25) is 20.4 Å². The largest absolute Gasteiger partial charge is 0.459 e. The summed E-state index contributed by atoms with van der Waals surface area (Å²) in [5.74, 6) is -0.459. The van der Waals surface area contributed by atoms with Gasteiger partial charge in [0.05, 0.1) is 18.6 Å². The summed E-state index contributed by atoms with van der Waals surface area (Å²) >= 11 is 0. The molecule has 0 saturated heterocycles. The number of hydrazone groups is 1. The third kappa shape index (κ3) is 4.05. The Morgan fingerprint density at radius 2 is 2.00 bits per heavy atom. The van der Waals surface area contributed by atoms with E-state index >= 15 is 0 Å². The molecule has 0 fully saturated rings. The fourth-order valence-corrected chi connectivity index (χ4v) is 2.91. The molecule has 1 aliphatic carbocycles. The summed E-state index contributed by atoms with van der Waals surface area (Å²) in [6.45, 7) is 3.65. The van der Waals surface area contributed by atoms with Crippen LogP contribution >= 0.6 is 0 Å². The molecule has 3 amide bonds. The van der Waals surface area contributed by atoms with Crippen LogP contribution in [0.1, 0.15) is 57.8 Å². The summed E-state index contributed by atoms with van der Waals surface area (Å²) in [4.78, 5) is 35.8. The van der Waals surface area contributed by atoms with Gasteiger partial charge in [0.15, 0.2) is 11.5 Å². The van der Waals surface area contributed by atoms with Crippen molar-refractivity contribution in [3.8, 4) is 0 Å². The number of hydrogen-bond acceptors (Lipinski definition) is 7. The first-order chi connectivity index (χ1) is 13.5.